The molecule has 1 aromatic carbocycles. The van der Waals surface area contributed by atoms with Crippen LogP contribution in [0.5, 0.6) is 5.75 Å². The molecule has 0 bridgehead atoms. The Hall–Kier alpha value is -1.50. The maximum atomic E-state index is 12.2. The van der Waals surface area contributed by atoms with Gasteiger partial charge in [-0.2, -0.15) is 20.1 Å². The molecule has 0 aliphatic carbocycles. The van der Waals surface area contributed by atoms with Crippen molar-refractivity contribution >= 4 is 11.3 Å². The third-order valence-corrected chi connectivity index (χ3v) is 3.72. The van der Waals surface area contributed by atoms with Gasteiger partial charge in [0.15, 0.2) is 0 Å². The minimum absolute atomic E-state index is 0.101. The summed E-state index contributed by atoms with van der Waals surface area (Å²) in [7, 11) is 0. The molecule has 0 fully saturated rings. The molecule has 0 saturated carbocycles. The number of hydrogen-bond acceptors (Lipinski definition) is 4. The van der Waals surface area contributed by atoms with E-state index in [1.807, 2.05) is 11.4 Å². The first-order valence-corrected chi connectivity index (χ1v) is 7.15. The first-order chi connectivity index (χ1) is 9.69. The zero-order valence-electron chi connectivity index (χ0n) is 10.8. The van der Waals surface area contributed by atoms with E-state index < -0.39 is 6.61 Å². The van der Waals surface area contributed by atoms with Gasteiger partial charge < -0.3 is 4.74 Å². The van der Waals surface area contributed by atoms with Crippen molar-refractivity contribution in [2.45, 2.75) is 25.5 Å². The molecule has 2 aromatic rings. The number of ether oxygens (including phenoxy) is 1. The third-order valence-electron chi connectivity index (χ3n) is 2.99. The largest absolute Gasteiger partial charge is 0.435 e. The van der Waals surface area contributed by atoms with Gasteiger partial charge in [0.05, 0.1) is 0 Å². The van der Waals surface area contributed by atoms with Crippen LogP contribution in [0.2, 0.25) is 0 Å². The van der Waals surface area contributed by atoms with E-state index in [9.17, 15) is 8.78 Å². The Morgan fingerprint density at radius 1 is 1.30 bits per heavy atom. The van der Waals surface area contributed by atoms with Crippen molar-refractivity contribution in [2.24, 2.45) is 5.84 Å². The molecule has 0 spiro atoms. The number of aryl methyl sites for hydroxylation is 1. The lowest BCUT2D eigenvalue weighted by atomic mass is 10.0. The normalized spacial score (nSPS) is 12.6. The summed E-state index contributed by atoms with van der Waals surface area (Å²) in [6, 6.07) is 8.58. The van der Waals surface area contributed by atoms with Crippen molar-refractivity contribution in [1.29, 1.82) is 0 Å². The Balaban J connectivity index is 2.02. The number of nitrogens with one attached hydrogen (secondary N) is 1. The van der Waals surface area contributed by atoms with Crippen molar-refractivity contribution in [3.8, 4) is 5.75 Å². The van der Waals surface area contributed by atoms with Gasteiger partial charge in [-0.1, -0.05) is 12.1 Å². The van der Waals surface area contributed by atoms with E-state index in [1.54, 1.807) is 23.5 Å². The molecular weight excluding hydrogens is 282 g/mol. The zero-order valence-corrected chi connectivity index (χ0v) is 11.6. The summed E-state index contributed by atoms with van der Waals surface area (Å²) >= 11 is 1.65. The van der Waals surface area contributed by atoms with Crippen molar-refractivity contribution in [1.82, 2.24) is 5.43 Å². The molecule has 1 unspecified atom stereocenters. The number of alkyl halides is 2. The molecule has 0 saturated heterocycles. The summed E-state index contributed by atoms with van der Waals surface area (Å²) in [5.74, 6) is 5.71. The zero-order chi connectivity index (χ0) is 14.4. The Bertz CT molecular complexity index is 520. The number of benzene rings is 1. The highest BCUT2D eigenvalue weighted by atomic mass is 32.1. The monoisotopic (exact) mass is 298 g/mol. The van der Waals surface area contributed by atoms with Crippen LogP contribution in [-0.2, 0) is 6.42 Å². The van der Waals surface area contributed by atoms with Crippen LogP contribution in [0, 0.1) is 0 Å². The lowest BCUT2D eigenvalue weighted by Gasteiger charge is -2.17. The fourth-order valence-electron chi connectivity index (χ4n) is 2.00. The highest BCUT2D eigenvalue weighted by Crippen LogP contribution is 2.24. The van der Waals surface area contributed by atoms with Gasteiger partial charge in [-0.3, -0.25) is 11.3 Å². The van der Waals surface area contributed by atoms with Crippen LogP contribution in [0.25, 0.3) is 0 Å². The highest BCUT2D eigenvalue weighted by Gasteiger charge is 2.12. The summed E-state index contributed by atoms with van der Waals surface area (Å²) < 4.78 is 28.8. The van der Waals surface area contributed by atoms with Crippen molar-refractivity contribution in [3.63, 3.8) is 0 Å². The van der Waals surface area contributed by atoms with Crippen LogP contribution in [0.3, 0.4) is 0 Å². The molecule has 1 heterocycles. The SMILES string of the molecule is NNC(CCc1ccsc1)c1cccc(OC(F)F)c1. The predicted molar refractivity (Wildman–Crippen MR) is 75.8 cm³/mol. The van der Waals surface area contributed by atoms with Gasteiger partial charge in [-0.25, -0.2) is 0 Å². The average Bonchev–Trinajstić information content (AvgIpc) is 2.92. The standard InChI is InChI=1S/C14H16F2N2OS/c15-14(16)19-12-3-1-2-11(8-12)13(18-17)5-4-10-6-7-20-9-10/h1-3,6-9,13-14,18H,4-5,17H2. The Morgan fingerprint density at radius 3 is 2.80 bits per heavy atom. The van der Waals surface area contributed by atoms with Crippen LogP contribution in [0.15, 0.2) is 41.1 Å². The number of thiophene rings is 1. The highest BCUT2D eigenvalue weighted by molar-refractivity contribution is 7.07. The number of hydrazine groups is 1. The second kappa shape index (κ2) is 7.33. The lowest BCUT2D eigenvalue weighted by molar-refractivity contribution is -0.0499. The maximum Gasteiger partial charge on any atom is 0.387 e. The van der Waals surface area contributed by atoms with Gasteiger partial charge in [0.2, 0.25) is 0 Å². The summed E-state index contributed by atoms with van der Waals surface area (Å²) in [4.78, 5) is 0. The molecule has 3 nitrogen and oxygen atoms in total. The summed E-state index contributed by atoms with van der Waals surface area (Å²) in [5.41, 5.74) is 4.80. The molecule has 20 heavy (non-hydrogen) atoms. The van der Waals surface area contributed by atoms with E-state index in [4.69, 9.17) is 5.84 Å². The number of halogens is 2. The van der Waals surface area contributed by atoms with Gasteiger partial charge >= 0.3 is 6.61 Å². The Morgan fingerprint density at radius 2 is 2.15 bits per heavy atom. The van der Waals surface area contributed by atoms with E-state index >= 15 is 0 Å². The van der Waals surface area contributed by atoms with Crippen LogP contribution < -0.4 is 16.0 Å². The molecule has 108 valence electrons. The molecule has 1 atom stereocenters. The lowest BCUT2D eigenvalue weighted by Crippen LogP contribution is -2.28. The Kier molecular flexibility index (Phi) is 5.46. The Labute approximate surface area is 120 Å². The van der Waals surface area contributed by atoms with Crippen molar-refractivity contribution in [3.05, 3.63) is 52.2 Å². The fraction of sp³-hybridized carbons (Fsp3) is 0.286. The average molecular weight is 298 g/mol. The molecule has 2 rings (SSSR count). The molecule has 0 radical (unpaired) electrons. The molecule has 6 heteroatoms. The minimum atomic E-state index is -2.82. The molecule has 0 aliphatic rings. The molecule has 0 aliphatic heterocycles. The van der Waals surface area contributed by atoms with Crippen molar-refractivity contribution < 1.29 is 13.5 Å². The molecule has 3 N–H and O–H groups in total. The van der Waals surface area contributed by atoms with Gasteiger partial charge in [-0.05, 0) is 52.9 Å². The van der Waals surface area contributed by atoms with Gasteiger partial charge in [0.1, 0.15) is 5.75 Å². The van der Waals surface area contributed by atoms with Crippen LogP contribution in [-0.4, -0.2) is 6.61 Å². The van der Waals surface area contributed by atoms with Gasteiger partial charge in [0.25, 0.3) is 0 Å². The van der Waals surface area contributed by atoms with E-state index in [0.717, 1.165) is 18.4 Å². The summed E-state index contributed by atoms with van der Waals surface area (Å²) in [6.07, 6.45) is 1.66. The predicted octanol–water partition coefficient (Wildman–Crippen LogP) is 3.49. The quantitative estimate of drug-likeness (QED) is 0.607. The summed E-state index contributed by atoms with van der Waals surface area (Å²) in [6.45, 7) is -2.82. The molecule has 1 aromatic heterocycles. The number of rotatable bonds is 7. The first kappa shape index (κ1) is 14.9. The van der Waals surface area contributed by atoms with Gasteiger partial charge in [0, 0.05) is 6.04 Å². The third kappa shape index (κ3) is 4.26. The fourth-order valence-corrected chi connectivity index (χ4v) is 2.70. The van der Waals surface area contributed by atoms with Crippen LogP contribution in [0.4, 0.5) is 8.78 Å². The van der Waals surface area contributed by atoms with Gasteiger partial charge in [-0.15, -0.1) is 0 Å². The topological polar surface area (TPSA) is 47.3 Å². The number of hydrogen-bond donors (Lipinski definition) is 2. The smallest absolute Gasteiger partial charge is 0.387 e. The second-order valence-corrected chi connectivity index (χ2v) is 5.12. The molecule has 0 amide bonds. The van der Waals surface area contributed by atoms with E-state index in [-0.39, 0.29) is 11.8 Å². The van der Waals surface area contributed by atoms with E-state index in [2.05, 4.69) is 21.6 Å². The minimum Gasteiger partial charge on any atom is -0.435 e. The van der Waals surface area contributed by atoms with E-state index in [0.29, 0.717) is 0 Å². The second-order valence-electron chi connectivity index (χ2n) is 4.34. The van der Waals surface area contributed by atoms with Crippen molar-refractivity contribution in [2.75, 3.05) is 0 Å². The van der Waals surface area contributed by atoms with E-state index in [1.165, 1.54) is 11.6 Å². The summed E-state index contributed by atoms with van der Waals surface area (Å²) in [5, 5.41) is 4.11. The molecular formula is C14H16F2N2OS. The number of nitrogens with two attached hydrogens (primary N) is 1. The van der Waals surface area contributed by atoms with Crippen LogP contribution in [0.1, 0.15) is 23.6 Å². The van der Waals surface area contributed by atoms with Crippen LogP contribution >= 0.6 is 11.3 Å². The first-order valence-electron chi connectivity index (χ1n) is 6.21. The maximum absolute atomic E-state index is 12.2.